The number of ether oxygens (including phenoxy) is 3. The van der Waals surface area contributed by atoms with Gasteiger partial charge in [0, 0.05) is 93.5 Å². The standard InChI is InChI=1S/C40H62N4O8S2/c1-4-23(8-11-46)38(49)52-39(2)9-7-25-21-53-54-22-31-29(18-42-3)20-44(31)35(47)14-28-19-43-34(41)15-30(28)36(25)40(39)17-27-13-26-12-24(6-5-10-45)37(48)50-32(26)16-33(27)51-40/h4,7,24,26-34,36,42-43,45-46H,5-6,8-22,41H2,1-3H3. The van der Waals surface area contributed by atoms with Crippen LogP contribution in [0, 0.1) is 41.4 Å². The molecule has 1 amide bonds. The first kappa shape index (κ1) is 40.5. The van der Waals surface area contributed by atoms with Gasteiger partial charge in [-0.25, -0.2) is 4.79 Å². The number of piperidine rings is 1. The summed E-state index contributed by atoms with van der Waals surface area (Å²) in [7, 11) is 5.66. The Labute approximate surface area is 328 Å². The van der Waals surface area contributed by atoms with Crippen molar-refractivity contribution < 1.29 is 38.8 Å². The van der Waals surface area contributed by atoms with Gasteiger partial charge in [0.2, 0.25) is 5.91 Å². The number of nitrogens with two attached hydrogens (primary N) is 1. The third-order valence-electron chi connectivity index (χ3n) is 14.2. The van der Waals surface area contributed by atoms with Crippen LogP contribution in [0.25, 0.3) is 0 Å². The molecule has 0 aromatic rings. The highest BCUT2D eigenvalue weighted by atomic mass is 33.1. The van der Waals surface area contributed by atoms with Crippen molar-refractivity contribution in [3.63, 3.8) is 0 Å². The normalized spacial score (nSPS) is 42.5. The maximum absolute atomic E-state index is 14.2. The molecule has 5 heterocycles. The van der Waals surface area contributed by atoms with Gasteiger partial charge in [-0.1, -0.05) is 39.3 Å². The van der Waals surface area contributed by atoms with Crippen molar-refractivity contribution in [2.45, 2.75) is 114 Å². The van der Waals surface area contributed by atoms with Crippen molar-refractivity contribution in [2.24, 2.45) is 47.2 Å². The molecule has 0 aromatic carbocycles. The molecule has 13 unspecified atom stereocenters. The van der Waals surface area contributed by atoms with Crippen LogP contribution in [0.4, 0.5) is 0 Å². The molecule has 0 bridgehead atoms. The maximum Gasteiger partial charge on any atom is 0.334 e. The monoisotopic (exact) mass is 790 g/mol. The summed E-state index contributed by atoms with van der Waals surface area (Å²) in [4.78, 5) is 43.4. The van der Waals surface area contributed by atoms with Crippen LogP contribution in [0.2, 0.25) is 0 Å². The Balaban J connectivity index is 1.26. The van der Waals surface area contributed by atoms with Crippen molar-refractivity contribution in [3.8, 4) is 0 Å². The molecule has 302 valence electrons. The summed E-state index contributed by atoms with van der Waals surface area (Å²) < 4.78 is 20.4. The Morgan fingerprint density at radius 2 is 1.98 bits per heavy atom. The zero-order chi connectivity index (χ0) is 38.2. The molecule has 1 saturated carbocycles. The predicted molar refractivity (Wildman–Crippen MR) is 209 cm³/mol. The third kappa shape index (κ3) is 7.68. The average Bonchev–Trinajstić information content (AvgIpc) is 3.51. The van der Waals surface area contributed by atoms with E-state index in [1.807, 2.05) is 35.6 Å². The Hall–Kier alpha value is -1.65. The summed E-state index contributed by atoms with van der Waals surface area (Å²) in [6.07, 6.45) is 9.19. The van der Waals surface area contributed by atoms with Crippen molar-refractivity contribution in [1.29, 1.82) is 0 Å². The van der Waals surface area contributed by atoms with E-state index in [0.29, 0.717) is 63.0 Å². The number of nitrogens with zero attached hydrogens (tertiary/aromatic N) is 1. The molecule has 13 atom stereocenters. The second kappa shape index (κ2) is 17.1. The van der Waals surface area contributed by atoms with E-state index >= 15 is 0 Å². The van der Waals surface area contributed by atoms with E-state index in [0.717, 1.165) is 37.4 Å². The lowest BCUT2D eigenvalue weighted by Crippen LogP contribution is -2.66. The lowest BCUT2D eigenvalue weighted by molar-refractivity contribution is -0.230. The van der Waals surface area contributed by atoms with Crippen LogP contribution in [0.3, 0.4) is 0 Å². The quantitative estimate of drug-likeness (QED) is 0.1000. The van der Waals surface area contributed by atoms with Crippen LogP contribution >= 0.6 is 21.6 Å². The fourth-order valence-corrected chi connectivity index (χ4v) is 13.9. The van der Waals surface area contributed by atoms with Gasteiger partial charge in [0.25, 0.3) is 0 Å². The molecule has 7 aliphatic rings. The minimum absolute atomic E-state index is 0.00393. The Morgan fingerprint density at radius 3 is 2.74 bits per heavy atom. The zero-order valence-electron chi connectivity index (χ0n) is 32.2. The van der Waals surface area contributed by atoms with E-state index in [1.165, 1.54) is 5.57 Å². The lowest BCUT2D eigenvalue weighted by atomic mass is 9.56. The number of rotatable bonds is 9. The second-order valence-electron chi connectivity index (χ2n) is 17.2. The van der Waals surface area contributed by atoms with Crippen LogP contribution in [0.1, 0.15) is 78.1 Å². The SMILES string of the molecule is CC=C(CCO)C(=O)OC1(C)CC=C2CSSCC3C(CNC)CN3C(=O)CC3CNC(N)CC3C2C12CC1CC3CC(CCCO)C(=O)OC3CC1O2. The van der Waals surface area contributed by atoms with Gasteiger partial charge in [0.1, 0.15) is 17.3 Å². The van der Waals surface area contributed by atoms with Gasteiger partial charge < -0.3 is 45.7 Å². The molecule has 7 rings (SSSR count). The number of fused-ring (bicyclic) bond motifs is 7. The van der Waals surface area contributed by atoms with Crippen LogP contribution < -0.4 is 16.4 Å². The summed E-state index contributed by atoms with van der Waals surface area (Å²) in [5.74, 6) is 1.70. The largest absolute Gasteiger partial charge is 0.462 e. The lowest BCUT2D eigenvalue weighted by Gasteiger charge is -2.57. The first-order valence-corrected chi connectivity index (χ1v) is 22.9. The molecular formula is C40H62N4O8S2. The highest BCUT2D eigenvalue weighted by Crippen LogP contribution is 2.62. The molecular weight excluding hydrogens is 729 g/mol. The summed E-state index contributed by atoms with van der Waals surface area (Å²) in [6, 6.07) is 0.214. The molecule has 6 N–H and O–H groups in total. The van der Waals surface area contributed by atoms with Gasteiger partial charge in [-0.05, 0) is 83.1 Å². The topological polar surface area (TPSA) is 173 Å². The number of allylic oxidation sites excluding steroid dienone is 1. The number of hydrogen-bond acceptors (Lipinski definition) is 13. The molecule has 5 saturated heterocycles. The highest BCUT2D eigenvalue weighted by Gasteiger charge is 2.68. The van der Waals surface area contributed by atoms with E-state index in [9.17, 15) is 24.6 Å². The number of aliphatic hydroxyl groups excluding tert-OH is 2. The molecule has 54 heavy (non-hydrogen) atoms. The summed E-state index contributed by atoms with van der Waals surface area (Å²) in [6.45, 7) is 6.02. The zero-order valence-corrected chi connectivity index (χ0v) is 33.8. The predicted octanol–water partition coefficient (Wildman–Crippen LogP) is 3.16. The molecule has 1 spiro atoms. The van der Waals surface area contributed by atoms with E-state index < -0.39 is 17.2 Å². The first-order chi connectivity index (χ1) is 26.0. The minimum atomic E-state index is -1.05. The smallest absolute Gasteiger partial charge is 0.334 e. The van der Waals surface area contributed by atoms with Crippen LogP contribution in [-0.4, -0.2) is 120 Å². The first-order valence-electron chi connectivity index (χ1n) is 20.4. The van der Waals surface area contributed by atoms with E-state index in [4.69, 9.17) is 19.9 Å². The van der Waals surface area contributed by atoms with Crippen molar-refractivity contribution >= 4 is 39.4 Å². The van der Waals surface area contributed by atoms with Gasteiger partial charge in [-0.2, -0.15) is 0 Å². The van der Waals surface area contributed by atoms with Gasteiger partial charge in [-0.3, -0.25) is 9.59 Å². The van der Waals surface area contributed by atoms with Crippen molar-refractivity contribution in [3.05, 3.63) is 23.3 Å². The number of amides is 1. The molecule has 5 aliphatic heterocycles. The summed E-state index contributed by atoms with van der Waals surface area (Å²) in [5, 5.41) is 26.1. The summed E-state index contributed by atoms with van der Waals surface area (Å²) in [5.41, 5.74) is 6.50. The maximum atomic E-state index is 14.2. The van der Waals surface area contributed by atoms with Crippen LogP contribution in [0.5, 0.6) is 0 Å². The van der Waals surface area contributed by atoms with Gasteiger partial charge in [0.15, 0.2) is 0 Å². The fraction of sp³-hybridized carbons (Fsp3) is 0.825. The molecule has 12 nitrogen and oxygen atoms in total. The van der Waals surface area contributed by atoms with Crippen molar-refractivity contribution in [2.75, 3.05) is 51.4 Å². The number of esters is 2. The third-order valence-corrected chi connectivity index (χ3v) is 16.5. The Morgan fingerprint density at radius 1 is 1.15 bits per heavy atom. The Kier molecular flexibility index (Phi) is 12.8. The van der Waals surface area contributed by atoms with Gasteiger partial charge in [-0.15, -0.1) is 0 Å². The van der Waals surface area contributed by atoms with Crippen molar-refractivity contribution in [1.82, 2.24) is 15.5 Å². The van der Waals surface area contributed by atoms with Crippen LogP contribution in [0.15, 0.2) is 23.3 Å². The number of nitrogens with one attached hydrogen (secondary N) is 2. The van der Waals surface area contributed by atoms with Gasteiger partial charge in [0.05, 0.1) is 18.2 Å². The second-order valence-corrected chi connectivity index (χ2v) is 19.7. The minimum Gasteiger partial charge on any atom is -0.462 e. The molecule has 0 radical (unpaired) electrons. The summed E-state index contributed by atoms with van der Waals surface area (Å²) >= 11 is 0. The number of hydrogen-bond donors (Lipinski definition) is 5. The fourth-order valence-electron chi connectivity index (χ4n) is 11.3. The Bertz CT molecular complexity index is 1470. The van der Waals surface area contributed by atoms with Gasteiger partial charge >= 0.3 is 11.9 Å². The highest BCUT2D eigenvalue weighted by molar-refractivity contribution is 8.76. The number of carbonyl (C=O) groups is 3. The number of carbonyl (C=O) groups excluding carboxylic acids is 3. The van der Waals surface area contributed by atoms with E-state index in [1.54, 1.807) is 13.0 Å². The van der Waals surface area contributed by atoms with Crippen LogP contribution in [-0.2, 0) is 28.6 Å². The molecule has 14 heteroatoms. The van der Waals surface area contributed by atoms with E-state index in [2.05, 4.69) is 21.6 Å². The average molecular weight is 791 g/mol. The van der Waals surface area contributed by atoms with E-state index in [-0.39, 0.29) is 91.4 Å². The molecule has 2 aliphatic carbocycles. The molecule has 6 fully saturated rings. The molecule has 0 aromatic heterocycles. The number of aliphatic hydroxyl groups is 2.